The molecule has 0 aromatic heterocycles. The first-order valence-corrected chi connectivity index (χ1v) is 9.26. The van der Waals surface area contributed by atoms with Gasteiger partial charge in [0.15, 0.2) is 0 Å². The predicted octanol–water partition coefficient (Wildman–Crippen LogP) is 4.64. The molecular formula is C19H36N2. The number of rotatable bonds is 6. The summed E-state index contributed by atoms with van der Waals surface area (Å²) in [6.45, 7) is 9.81. The highest BCUT2D eigenvalue weighted by Crippen LogP contribution is 2.70. The quantitative estimate of drug-likeness (QED) is 0.553. The van der Waals surface area contributed by atoms with Crippen LogP contribution in [0.5, 0.6) is 0 Å². The molecule has 4 bridgehead atoms. The van der Waals surface area contributed by atoms with Crippen molar-refractivity contribution in [2.75, 3.05) is 0 Å². The number of nitrogens with one attached hydrogen (secondary N) is 1. The van der Waals surface area contributed by atoms with Gasteiger partial charge in [-0.3, -0.25) is 11.3 Å². The molecule has 3 N–H and O–H groups in total. The lowest BCUT2D eigenvalue weighted by Crippen LogP contribution is -2.56. The van der Waals surface area contributed by atoms with E-state index in [1.165, 1.54) is 57.8 Å². The van der Waals surface area contributed by atoms with Crippen LogP contribution in [0.1, 0.15) is 85.5 Å². The molecule has 4 aliphatic carbocycles. The van der Waals surface area contributed by atoms with Crippen molar-refractivity contribution in [3.63, 3.8) is 0 Å². The SMILES string of the molecule is CCC(C)CC(CC12CC3CC(C)(CC(C)(C3)C1)C2)NN. The maximum Gasteiger partial charge on any atom is 0.0218 e. The van der Waals surface area contributed by atoms with Gasteiger partial charge in [-0.2, -0.15) is 0 Å². The van der Waals surface area contributed by atoms with Crippen LogP contribution >= 0.6 is 0 Å². The zero-order valence-corrected chi connectivity index (χ0v) is 14.7. The molecule has 4 atom stereocenters. The summed E-state index contributed by atoms with van der Waals surface area (Å²) in [4.78, 5) is 0. The summed E-state index contributed by atoms with van der Waals surface area (Å²) in [7, 11) is 0. The molecule has 0 aromatic rings. The van der Waals surface area contributed by atoms with E-state index in [2.05, 4.69) is 33.1 Å². The van der Waals surface area contributed by atoms with Gasteiger partial charge in [-0.15, -0.1) is 0 Å². The van der Waals surface area contributed by atoms with E-state index in [1.54, 1.807) is 0 Å². The molecule has 4 rings (SSSR count). The fourth-order valence-corrected chi connectivity index (χ4v) is 7.30. The average molecular weight is 293 g/mol. The minimum absolute atomic E-state index is 0.517. The lowest BCUT2D eigenvalue weighted by Gasteiger charge is -2.66. The summed E-state index contributed by atoms with van der Waals surface area (Å²) < 4.78 is 0. The first-order valence-electron chi connectivity index (χ1n) is 9.26. The zero-order valence-electron chi connectivity index (χ0n) is 14.7. The van der Waals surface area contributed by atoms with E-state index in [9.17, 15) is 0 Å². The second-order valence-electron chi connectivity index (χ2n) is 9.95. The highest BCUT2D eigenvalue weighted by atomic mass is 15.2. The third kappa shape index (κ3) is 3.03. The van der Waals surface area contributed by atoms with Crippen LogP contribution in [-0.4, -0.2) is 6.04 Å². The van der Waals surface area contributed by atoms with Crippen molar-refractivity contribution >= 4 is 0 Å². The molecule has 122 valence electrons. The van der Waals surface area contributed by atoms with Crippen LogP contribution in [0.3, 0.4) is 0 Å². The van der Waals surface area contributed by atoms with E-state index in [4.69, 9.17) is 5.84 Å². The fourth-order valence-electron chi connectivity index (χ4n) is 7.30. The van der Waals surface area contributed by atoms with Gasteiger partial charge in [-0.25, -0.2) is 0 Å². The maximum absolute atomic E-state index is 5.92. The van der Waals surface area contributed by atoms with Crippen LogP contribution < -0.4 is 11.3 Å². The van der Waals surface area contributed by atoms with Crippen molar-refractivity contribution < 1.29 is 0 Å². The normalized spacial score (nSPS) is 47.6. The first-order chi connectivity index (χ1) is 9.79. The molecule has 4 saturated carbocycles. The molecule has 0 spiro atoms. The molecular weight excluding hydrogens is 256 g/mol. The molecule has 21 heavy (non-hydrogen) atoms. The van der Waals surface area contributed by atoms with Gasteiger partial charge < -0.3 is 0 Å². The molecule has 4 aliphatic rings. The number of hydrogen-bond acceptors (Lipinski definition) is 2. The second-order valence-corrected chi connectivity index (χ2v) is 9.95. The molecule has 0 saturated heterocycles. The van der Waals surface area contributed by atoms with Crippen LogP contribution in [0.15, 0.2) is 0 Å². The van der Waals surface area contributed by atoms with E-state index in [-0.39, 0.29) is 0 Å². The Morgan fingerprint density at radius 1 is 1.10 bits per heavy atom. The minimum atomic E-state index is 0.517. The van der Waals surface area contributed by atoms with Crippen molar-refractivity contribution in [2.24, 2.45) is 33.9 Å². The Morgan fingerprint density at radius 3 is 2.19 bits per heavy atom. The molecule has 0 aromatic carbocycles. The van der Waals surface area contributed by atoms with Gasteiger partial charge >= 0.3 is 0 Å². The maximum atomic E-state index is 5.92. The van der Waals surface area contributed by atoms with Gasteiger partial charge in [0.1, 0.15) is 0 Å². The van der Waals surface area contributed by atoms with E-state index in [1.807, 2.05) is 0 Å². The van der Waals surface area contributed by atoms with Gasteiger partial charge in [0.05, 0.1) is 0 Å². The number of hydrazine groups is 1. The lowest BCUT2D eigenvalue weighted by atomic mass is 9.39. The molecule has 0 amide bonds. The standard InChI is InChI=1S/C19H36N2/c1-5-14(2)6-16(21-20)10-19-9-15-7-17(3,12-19)11-18(4,8-15)13-19/h14-16,21H,5-13,20H2,1-4H3. The van der Waals surface area contributed by atoms with Crippen LogP contribution in [0.2, 0.25) is 0 Å². The summed E-state index contributed by atoms with van der Waals surface area (Å²) in [5.74, 6) is 7.70. The Labute approximate surface area is 131 Å². The van der Waals surface area contributed by atoms with E-state index < -0.39 is 0 Å². The van der Waals surface area contributed by atoms with Gasteiger partial charge in [0, 0.05) is 6.04 Å². The Morgan fingerprint density at radius 2 is 1.71 bits per heavy atom. The van der Waals surface area contributed by atoms with Crippen LogP contribution in [0, 0.1) is 28.1 Å². The monoisotopic (exact) mass is 292 g/mol. The Balaban J connectivity index is 1.75. The van der Waals surface area contributed by atoms with Gasteiger partial charge in [0.2, 0.25) is 0 Å². The van der Waals surface area contributed by atoms with E-state index in [0.29, 0.717) is 22.3 Å². The molecule has 2 heteroatoms. The summed E-state index contributed by atoms with van der Waals surface area (Å²) in [6, 6.07) is 0.517. The van der Waals surface area contributed by atoms with Crippen LogP contribution in [0.25, 0.3) is 0 Å². The average Bonchev–Trinajstić information content (AvgIpc) is 2.32. The molecule has 0 heterocycles. The number of hydrogen-bond donors (Lipinski definition) is 2. The Kier molecular flexibility index (Phi) is 3.94. The Bertz CT molecular complexity index is 373. The van der Waals surface area contributed by atoms with Crippen molar-refractivity contribution in [1.29, 1.82) is 0 Å². The van der Waals surface area contributed by atoms with E-state index in [0.717, 1.165) is 11.8 Å². The fraction of sp³-hybridized carbons (Fsp3) is 1.00. The summed E-state index contributed by atoms with van der Waals surface area (Å²) >= 11 is 0. The van der Waals surface area contributed by atoms with Gasteiger partial charge in [0.25, 0.3) is 0 Å². The summed E-state index contributed by atoms with van der Waals surface area (Å²) in [5.41, 5.74) is 5.02. The van der Waals surface area contributed by atoms with Crippen molar-refractivity contribution in [1.82, 2.24) is 5.43 Å². The zero-order chi connectivity index (χ0) is 15.3. The molecule has 2 nitrogen and oxygen atoms in total. The largest absolute Gasteiger partial charge is 0.271 e. The minimum Gasteiger partial charge on any atom is -0.271 e. The van der Waals surface area contributed by atoms with E-state index >= 15 is 0 Å². The third-order valence-electron chi connectivity index (χ3n) is 7.04. The Hall–Kier alpha value is -0.0800. The van der Waals surface area contributed by atoms with Crippen molar-refractivity contribution in [3.8, 4) is 0 Å². The van der Waals surface area contributed by atoms with Gasteiger partial charge in [-0.05, 0) is 79.4 Å². The first kappa shape index (κ1) is 15.8. The predicted molar refractivity (Wildman–Crippen MR) is 89.6 cm³/mol. The van der Waals surface area contributed by atoms with Crippen LogP contribution in [-0.2, 0) is 0 Å². The topological polar surface area (TPSA) is 38.0 Å². The summed E-state index contributed by atoms with van der Waals surface area (Å²) in [5, 5.41) is 0. The third-order valence-corrected chi connectivity index (χ3v) is 7.04. The van der Waals surface area contributed by atoms with Crippen molar-refractivity contribution in [2.45, 2.75) is 91.5 Å². The molecule has 0 radical (unpaired) electrons. The highest BCUT2D eigenvalue weighted by Gasteiger charge is 2.60. The molecule has 0 aliphatic heterocycles. The lowest BCUT2D eigenvalue weighted by molar-refractivity contribution is -0.150. The molecule has 4 unspecified atom stereocenters. The smallest absolute Gasteiger partial charge is 0.0218 e. The van der Waals surface area contributed by atoms with Gasteiger partial charge in [-0.1, -0.05) is 34.1 Å². The van der Waals surface area contributed by atoms with Crippen molar-refractivity contribution in [3.05, 3.63) is 0 Å². The highest BCUT2D eigenvalue weighted by molar-refractivity contribution is 5.10. The summed E-state index contributed by atoms with van der Waals surface area (Å²) in [6.07, 6.45) is 12.7. The van der Waals surface area contributed by atoms with Crippen LogP contribution in [0.4, 0.5) is 0 Å². The molecule has 4 fully saturated rings. The second kappa shape index (κ2) is 5.23. The number of nitrogens with two attached hydrogens (primary N) is 1.